The van der Waals surface area contributed by atoms with E-state index in [1.54, 1.807) is 36.3 Å². The molecule has 0 aliphatic rings. The van der Waals surface area contributed by atoms with Gasteiger partial charge in [0.25, 0.3) is 0 Å². The van der Waals surface area contributed by atoms with Gasteiger partial charge >= 0.3 is 5.97 Å². The molecule has 5 heteroatoms. The van der Waals surface area contributed by atoms with Crippen LogP contribution in [0.4, 0.5) is 0 Å². The second kappa shape index (κ2) is 4.69. The van der Waals surface area contributed by atoms with Gasteiger partial charge in [0, 0.05) is 24.2 Å². The van der Waals surface area contributed by atoms with Gasteiger partial charge in [-0.05, 0) is 12.1 Å². The second-order valence-corrected chi connectivity index (χ2v) is 3.55. The van der Waals surface area contributed by atoms with Gasteiger partial charge in [-0.1, -0.05) is 6.07 Å². The van der Waals surface area contributed by atoms with Gasteiger partial charge in [-0.25, -0.2) is 9.78 Å². The zero-order chi connectivity index (χ0) is 12.3. The van der Waals surface area contributed by atoms with E-state index in [0.717, 1.165) is 5.56 Å². The average molecular weight is 232 g/mol. The van der Waals surface area contributed by atoms with Crippen LogP contribution in [0.2, 0.25) is 0 Å². The van der Waals surface area contributed by atoms with Crippen LogP contribution >= 0.6 is 0 Å². The molecule has 0 unspecified atom stereocenters. The zero-order valence-corrected chi connectivity index (χ0v) is 9.33. The van der Waals surface area contributed by atoms with Crippen molar-refractivity contribution in [3.63, 3.8) is 0 Å². The quantitative estimate of drug-likeness (QED) is 0.870. The summed E-state index contributed by atoms with van der Waals surface area (Å²) < 4.78 is 6.91. The lowest BCUT2D eigenvalue weighted by Gasteiger charge is -2.07. The first-order valence-electron chi connectivity index (χ1n) is 5.07. The molecule has 0 aromatic carbocycles. The van der Waals surface area contributed by atoms with E-state index in [0.29, 0.717) is 12.4 Å². The van der Waals surface area contributed by atoms with Crippen LogP contribution in [-0.4, -0.2) is 27.7 Å². The Kier molecular flexibility index (Phi) is 3.09. The summed E-state index contributed by atoms with van der Waals surface area (Å²) in [5.41, 5.74) is 1.18. The van der Waals surface area contributed by atoms with Crippen LogP contribution in [0.15, 0.2) is 36.8 Å². The normalized spacial score (nSPS) is 10.2. The average Bonchev–Trinajstić information content (AvgIpc) is 2.78. The van der Waals surface area contributed by atoms with E-state index in [-0.39, 0.29) is 5.56 Å². The number of carboxylic acids is 1. The first-order valence-corrected chi connectivity index (χ1v) is 5.07. The number of methoxy groups -OCH3 is 1. The monoisotopic (exact) mass is 232 g/mol. The number of hydrogen-bond acceptors (Lipinski definition) is 3. The standard InChI is InChI=1S/C12H12N2O3/c1-17-11-9(3-2-5-13-11)7-14-6-4-10(8-14)12(15)16/h2-6,8H,7H2,1H3,(H,15,16). The van der Waals surface area contributed by atoms with Crippen molar-refractivity contribution < 1.29 is 14.6 Å². The Hall–Kier alpha value is -2.30. The maximum atomic E-state index is 10.7. The predicted molar refractivity (Wildman–Crippen MR) is 61.3 cm³/mol. The van der Waals surface area contributed by atoms with E-state index in [1.165, 1.54) is 0 Å². The Morgan fingerprint density at radius 2 is 2.35 bits per heavy atom. The summed E-state index contributed by atoms with van der Waals surface area (Å²) in [6.07, 6.45) is 4.95. The molecule has 0 aliphatic carbocycles. The third-order valence-electron chi connectivity index (χ3n) is 2.39. The molecule has 2 heterocycles. The summed E-state index contributed by atoms with van der Waals surface area (Å²) in [7, 11) is 1.56. The van der Waals surface area contributed by atoms with Gasteiger partial charge < -0.3 is 14.4 Å². The molecule has 0 aliphatic heterocycles. The van der Waals surface area contributed by atoms with Crippen molar-refractivity contribution in [3.8, 4) is 5.88 Å². The summed E-state index contributed by atoms with van der Waals surface area (Å²) >= 11 is 0. The molecule has 2 aromatic rings. The van der Waals surface area contributed by atoms with Crippen LogP contribution in [-0.2, 0) is 6.54 Å². The van der Waals surface area contributed by atoms with Crippen molar-refractivity contribution in [2.45, 2.75) is 6.54 Å². The largest absolute Gasteiger partial charge is 0.481 e. The molecular formula is C12H12N2O3. The lowest BCUT2D eigenvalue weighted by atomic mass is 10.2. The molecule has 0 bridgehead atoms. The van der Waals surface area contributed by atoms with Crippen LogP contribution < -0.4 is 4.74 Å². The molecule has 0 saturated carbocycles. The summed E-state index contributed by atoms with van der Waals surface area (Å²) in [5, 5.41) is 8.81. The first-order chi connectivity index (χ1) is 8.20. The van der Waals surface area contributed by atoms with Gasteiger partial charge in [-0.2, -0.15) is 0 Å². The molecule has 17 heavy (non-hydrogen) atoms. The number of ether oxygens (including phenoxy) is 1. The molecule has 0 spiro atoms. The fourth-order valence-electron chi connectivity index (χ4n) is 1.59. The van der Waals surface area contributed by atoms with Crippen LogP contribution in [0.3, 0.4) is 0 Å². The number of carbonyl (C=O) groups is 1. The number of hydrogen-bond donors (Lipinski definition) is 1. The Morgan fingerprint density at radius 1 is 1.53 bits per heavy atom. The van der Waals surface area contributed by atoms with Crippen LogP contribution in [0.1, 0.15) is 15.9 Å². The molecule has 0 radical (unpaired) electrons. The number of carboxylic acid groups (broad SMARTS) is 1. The molecule has 0 saturated heterocycles. The van der Waals surface area contributed by atoms with Crippen molar-refractivity contribution in [1.82, 2.24) is 9.55 Å². The van der Waals surface area contributed by atoms with Crippen LogP contribution in [0, 0.1) is 0 Å². The van der Waals surface area contributed by atoms with Gasteiger partial charge in [0.2, 0.25) is 5.88 Å². The van der Waals surface area contributed by atoms with Crippen molar-refractivity contribution in [2.24, 2.45) is 0 Å². The number of aromatic carboxylic acids is 1. The first kappa shape index (κ1) is 11.2. The second-order valence-electron chi connectivity index (χ2n) is 3.55. The molecule has 0 amide bonds. The highest BCUT2D eigenvalue weighted by molar-refractivity contribution is 5.87. The summed E-state index contributed by atoms with van der Waals surface area (Å²) in [5.74, 6) is -0.375. The molecule has 88 valence electrons. The van der Waals surface area contributed by atoms with Crippen molar-refractivity contribution in [1.29, 1.82) is 0 Å². The van der Waals surface area contributed by atoms with Crippen LogP contribution in [0.25, 0.3) is 0 Å². The number of rotatable bonds is 4. The minimum Gasteiger partial charge on any atom is -0.481 e. The minimum absolute atomic E-state index is 0.271. The molecule has 2 aromatic heterocycles. The third-order valence-corrected chi connectivity index (χ3v) is 2.39. The summed E-state index contributed by atoms with van der Waals surface area (Å²) in [6, 6.07) is 5.27. The van der Waals surface area contributed by atoms with Gasteiger partial charge in [0.05, 0.1) is 19.2 Å². The van der Waals surface area contributed by atoms with Gasteiger partial charge in [-0.15, -0.1) is 0 Å². The van der Waals surface area contributed by atoms with E-state index >= 15 is 0 Å². The van der Waals surface area contributed by atoms with E-state index in [4.69, 9.17) is 9.84 Å². The highest BCUT2D eigenvalue weighted by Crippen LogP contribution is 2.15. The minimum atomic E-state index is -0.929. The Bertz CT molecular complexity index is 534. The zero-order valence-electron chi connectivity index (χ0n) is 9.33. The van der Waals surface area contributed by atoms with E-state index in [2.05, 4.69) is 4.98 Å². The Morgan fingerprint density at radius 3 is 3.00 bits per heavy atom. The molecule has 1 N–H and O–H groups in total. The third kappa shape index (κ3) is 2.44. The summed E-state index contributed by atoms with van der Waals surface area (Å²) in [6.45, 7) is 0.532. The summed E-state index contributed by atoms with van der Waals surface area (Å²) in [4.78, 5) is 14.8. The molecule has 5 nitrogen and oxygen atoms in total. The van der Waals surface area contributed by atoms with Gasteiger partial charge in [-0.3, -0.25) is 0 Å². The highest BCUT2D eigenvalue weighted by Gasteiger charge is 2.07. The Balaban J connectivity index is 2.22. The predicted octanol–water partition coefficient (Wildman–Crippen LogP) is 1.64. The molecule has 0 atom stereocenters. The maximum Gasteiger partial charge on any atom is 0.337 e. The van der Waals surface area contributed by atoms with Crippen LogP contribution in [0.5, 0.6) is 5.88 Å². The smallest absolute Gasteiger partial charge is 0.337 e. The number of pyridine rings is 1. The fraction of sp³-hybridized carbons (Fsp3) is 0.167. The topological polar surface area (TPSA) is 64.4 Å². The van der Waals surface area contributed by atoms with Crippen molar-refractivity contribution in [3.05, 3.63) is 47.9 Å². The fourth-order valence-corrected chi connectivity index (χ4v) is 1.59. The van der Waals surface area contributed by atoms with E-state index < -0.39 is 5.97 Å². The highest BCUT2D eigenvalue weighted by atomic mass is 16.5. The number of aromatic nitrogens is 2. The lowest BCUT2D eigenvalue weighted by molar-refractivity contribution is 0.0697. The molecular weight excluding hydrogens is 220 g/mol. The Labute approximate surface area is 98.3 Å². The molecule has 0 fully saturated rings. The van der Waals surface area contributed by atoms with E-state index in [9.17, 15) is 4.79 Å². The number of nitrogens with zero attached hydrogens (tertiary/aromatic N) is 2. The SMILES string of the molecule is COc1ncccc1Cn1ccc(C(=O)O)c1. The van der Waals surface area contributed by atoms with E-state index in [1.807, 2.05) is 12.1 Å². The van der Waals surface area contributed by atoms with Crippen molar-refractivity contribution in [2.75, 3.05) is 7.11 Å². The maximum absolute atomic E-state index is 10.7. The molecule has 2 rings (SSSR count). The van der Waals surface area contributed by atoms with Crippen molar-refractivity contribution >= 4 is 5.97 Å². The van der Waals surface area contributed by atoms with Gasteiger partial charge in [0.1, 0.15) is 0 Å². The van der Waals surface area contributed by atoms with Gasteiger partial charge in [0.15, 0.2) is 0 Å². The lowest BCUT2D eigenvalue weighted by Crippen LogP contribution is -2.01.